The Bertz CT molecular complexity index is 526. The first-order valence-electron chi connectivity index (χ1n) is 8.88. The first-order chi connectivity index (χ1) is 11.2. The van der Waals surface area contributed by atoms with Crippen molar-refractivity contribution in [1.82, 2.24) is 9.80 Å². The molecule has 0 aliphatic carbocycles. The van der Waals surface area contributed by atoms with Gasteiger partial charge in [0.1, 0.15) is 0 Å². The molecule has 3 rings (SSSR count). The molecule has 126 valence electrons. The molecule has 1 aromatic rings. The minimum atomic E-state index is 0.195. The molecule has 0 saturated carbocycles. The number of benzene rings is 1. The van der Waals surface area contributed by atoms with Crippen molar-refractivity contribution in [2.75, 3.05) is 45.9 Å². The van der Waals surface area contributed by atoms with Gasteiger partial charge in [0.05, 0.1) is 13.2 Å². The highest BCUT2D eigenvalue weighted by Gasteiger charge is 2.23. The van der Waals surface area contributed by atoms with Crippen molar-refractivity contribution in [3.63, 3.8) is 0 Å². The van der Waals surface area contributed by atoms with Crippen LogP contribution < -0.4 is 0 Å². The molecule has 2 saturated heterocycles. The summed E-state index contributed by atoms with van der Waals surface area (Å²) in [4.78, 5) is 17.3. The van der Waals surface area contributed by atoms with Gasteiger partial charge in [-0.25, -0.2) is 0 Å². The van der Waals surface area contributed by atoms with Crippen molar-refractivity contribution in [3.8, 4) is 0 Å². The van der Waals surface area contributed by atoms with Crippen LogP contribution in [0.15, 0.2) is 24.3 Å². The zero-order valence-corrected chi connectivity index (χ0v) is 14.2. The molecule has 2 aliphatic rings. The number of hydrogen-bond donors (Lipinski definition) is 0. The van der Waals surface area contributed by atoms with E-state index < -0.39 is 0 Å². The fourth-order valence-corrected chi connectivity index (χ4v) is 3.66. The molecule has 4 heteroatoms. The van der Waals surface area contributed by atoms with E-state index in [9.17, 15) is 4.79 Å². The van der Waals surface area contributed by atoms with Crippen LogP contribution in [0, 0.1) is 12.8 Å². The Morgan fingerprint density at radius 1 is 1.17 bits per heavy atom. The summed E-state index contributed by atoms with van der Waals surface area (Å²) in [6.07, 6.45) is 3.47. The molecule has 1 unspecified atom stereocenters. The number of nitrogens with zero attached hydrogens (tertiary/aromatic N) is 2. The van der Waals surface area contributed by atoms with Crippen molar-refractivity contribution in [2.45, 2.75) is 26.2 Å². The Morgan fingerprint density at radius 2 is 2.00 bits per heavy atom. The van der Waals surface area contributed by atoms with Gasteiger partial charge in [-0.1, -0.05) is 17.7 Å². The summed E-state index contributed by atoms with van der Waals surface area (Å²) < 4.78 is 5.43. The number of ether oxygens (including phenoxy) is 1. The van der Waals surface area contributed by atoms with Crippen LogP contribution in [-0.2, 0) is 4.74 Å². The van der Waals surface area contributed by atoms with Gasteiger partial charge in [0.2, 0.25) is 0 Å². The van der Waals surface area contributed by atoms with E-state index in [1.807, 2.05) is 36.1 Å². The largest absolute Gasteiger partial charge is 0.379 e. The van der Waals surface area contributed by atoms with Gasteiger partial charge < -0.3 is 9.64 Å². The molecule has 2 aliphatic heterocycles. The Labute approximate surface area is 139 Å². The lowest BCUT2D eigenvalue weighted by atomic mass is 10.00. The second-order valence-electron chi connectivity index (χ2n) is 6.87. The zero-order valence-electron chi connectivity index (χ0n) is 14.2. The fourth-order valence-electron chi connectivity index (χ4n) is 3.66. The minimum absolute atomic E-state index is 0.195. The van der Waals surface area contributed by atoms with Crippen LogP contribution in [0.5, 0.6) is 0 Å². The van der Waals surface area contributed by atoms with Gasteiger partial charge in [0.15, 0.2) is 0 Å². The molecular formula is C19H28N2O2. The third kappa shape index (κ3) is 4.55. The predicted octanol–water partition coefficient (Wildman–Crippen LogP) is 2.57. The summed E-state index contributed by atoms with van der Waals surface area (Å²) in [6, 6.07) is 7.95. The maximum absolute atomic E-state index is 12.7. The summed E-state index contributed by atoms with van der Waals surface area (Å²) in [7, 11) is 0. The number of amides is 1. The maximum Gasteiger partial charge on any atom is 0.253 e. The number of rotatable bonds is 3. The van der Waals surface area contributed by atoms with Crippen LogP contribution in [0.1, 0.15) is 35.2 Å². The first kappa shape index (κ1) is 16.5. The smallest absolute Gasteiger partial charge is 0.253 e. The van der Waals surface area contributed by atoms with Crippen LogP contribution in [-0.4, -0.2) is 61.6 Å². The van der Waals surface area contributed by atoms with E-state index in [0.29, 0.717) is 5.92 Å². The van der Waals surface area contributed by atoms with Gasteiger partial charge in [-0.15, -0.1) is 0 Å². The molecule has 0 aromatic heterocycles. The molecular weight excluding hydrogens is 288 g/mol. The molecule has 1 aromatic carbocycles. The molecule has 2 heterocycles. The van der Waals surface area contributed by atoms with Gasteiger partial charge in [0.25, 0.3) is 5.91 Å². The molecule has 4 nitrogen and oxygen atoms in total. The highest BCUT2D eigenvalue weighted by molar-refractivity contribution is 5.94. The van der Waals surface area contributed by atoms with E-state index >= 15 is 0 Å². The molecule has 23 heavy (non-hydrogen) atoms. The van der Waals surface area contributed by atoms with Gasteiger partial charge >= 0.3 is 0 Å². The van der Waals surface area contributed by atoms with Crippen molar-refractivity contribution >= 4 is 5.91 Å². The van der Waals surface area contributed by atoms with E-state index in [1.54, 1.807) is 0 Å². The summed E-state index contributed by atoms with van der Waals surface area (Å²) >= 11 is 0. The number of likely N-dealkylation sites (tertiary alicyclic amines) is 1. The molecule has 0 radical (unpaired) electrons. The molecule has 2 fully saturated rings. The van der Waals surface area contributed by atoms with Crippen LogP contribution in [0.3, 0.4) is 0 Å². The number of carbonyl (C=O) groups is 1. The molecule has 0 bridgehead atoms. The van der Waals surface area contributed by atoms with Crippen LogP contribution >= 0.6 is 0 Å². The normalized spacial score (nSPS) is 23.5. The van der Waals surface area contributed by atoms with E-state index in [0.717, 1.165) is 69.9 Å². The fraction of sp³-hybridized carbons (Fsp3) is 0.632. The summed E-state index contributed by atoms with van der Waals surface area (Å²) in [5, 5.41) is 0. The lowest BCUT2D eigenvalue weighted by molar-refractivity contribution is 0.0296. The summed E-state index contributed by atoms with van der Waals surface area (Å²) in [6.45, 7) is 8.84. The second-order valence-corrected chi connectivity index (χ2v) is 6.87. The van der Waals surface area contributed by atoms with Crippen LogP contribution in [0.25, 0.3) is 0 Å². The van der Waals surface area contributed by atoms with Crippen LogP contribution in [0.2, 0.25) is 0 Å². The standard InChI is InChI=1S/C19H28N2O2/c1-16-4-2-6-18(14-16)19(22)21-8-3-5-17(7-9-21)15-20-10-12-23-13-11-20/h2,4,6,14,17H,3,5,7-13,15H2,1H3. The van der Waals surface area contributed by atoms with Crippen molar-refractivity contribution in [1.29, 1.82) is 0 Å². The van der Waals surface area contributed by atoms with Gasteiger partial charge in [-0.2, -0.15) is 0 Å². The molecule has 0 N–H and O–H groups in total. The third-order valence-electron chi connectivity index (χ3n) is 5.02. The average molecular weight is 316 g/mol. The molecule has 0 spiro atoms. The molecule has 1 amide bonds. The molecule has 1 atom stereocenters. The minimum Gasteiger partial charge on any atom is -0.379 e. The quantitative estimate of drug-likeness (QED) is 0.859. The summed E-state index contributed by atoms with van der Waals surface area (Å²) in [5.74, 6) is 0.907. The van der Waals surface area contributed by atoms with E-state index in [4.69, 9.17) is 4.74 Å². The lowest BCUT2D eigenvalue weighted by Gasteiger charge is -2.30. The van der Waals surface area contributed by atoms with Crippen molar-refractivity contribution < 1.29 is 9.53 Å². The zero-order chi connectivity index (χ0) is 16.1. The number of morpholine rings is 1. The van der Waals surface area contributed by atoms with Gasteiger partial charge in [-0.3, -0.25) is 9.69 Å². The predicted molar refractivity (Wildman–Crippen MR) is 91.7 cm³/mol. The van der Waals surface area contributed by atoms with Gasteiger partial charge in [-0.05, 0) is 44.2 Å². The summed E-state index contributed by atoms with van der Waals surface area (Å²) in [5.41, 5.74) is 1.98. The van der Waals surface area contributed by atoms with Crippen molar-refractivity contribution in [3.05, 3.63) is 35.4 Å². The van der Waals surface area contributed by atoms with Gasteiger partial charge in [0, 0.05) is 38.3 Å². The van der Waals surface area contributed by atoms with Crippen molar-refractivity contribution in [2.24, 2.45) is 5.92 Å². The van der Waals surface area contributed by atoms with E-state index in [1.165, 1.54) is 6.42 Å². The highest BCUT2D eigenvalue weighted by atomic mass is 16.5. The Kier molecular flexibility index (Phi) is 5.68. The SMILES string of the molecule is Cc1cccc(C(=O)N2CCCC(CN3CCOCC3)CC2)c1. The second kappa shape index (κ2) is 7.93. The number of aryl methyl sites for hydroxylation is 1. The lowest BCUT2D eigenvalue weighted by Crippen LogP contribution is -2.39. The Hall–Kier alpha value is -1.39. The Balaban J connectivity index is 1.54. The Morgan fingerprint density at radius 3 is 2.78 bits per heavy atom. The van der Waals surface area contributed by atoms with Crippen LogP contribution in [0.4, 0.5) is 0 Å². The number of hydrogen-bond acceptors (Lipinski definition) is 3. The average Bonchev–Trinajstić information content (AvgIpc) is 2.81. The third-order valence-corrected chi connectivity index (χ3v) is 5.02. The number of carbonyl (C=O) groups excluding carboxylic acids is 1. The van der Waals surface area contributed by atoms with E-state index in [-0.39, 0.29) is 5.91 Å². The monoisotopic (exact) mass is 316 g/mol. The topological polar surface area (TPSA) is 32.8 Å². The maximum atomic E-state index is 12.7. The highest BCUT2D eigenvalue weighted by Crippen LogP contribution is 2.21. The van der Waals surface area contributed by atoms with E-state index in [2.05, 4.69) is 4.90 Å². The first-order valence-corrected chi connectivity index (χ1v) is 8.88.